The molecule has 94 valence electrons. The molecule has 0 fully saturated rings. The van der Waals surface area contributed by atoms with Crippen LogP contribution < -0.4 is 10.5 Å². The molecule has 0 aliphatic rings. The van der Waals surface area contributed by atoms with Crippen molar-refractivity contribution >= 4 is 16.5 Å². The Balaban J connectivity index is 1.76. The van der Waals surface area contributed by atoms with Gasteiger partial charge in [0.15, 0.2) is 0 Å². The molecule has 2 N–H and O–H groups in total. The number of ether oxygens (including phenoxy) is 1. The Hall–Kier alpha value is -2.48. The Labute approximate surface area is 112 Å². The maximum atomic E-state index is 5.80. The molecule has 0 unspecified atom stereocenters. The van der Waals surface area contributed by atoms with Crippen molar-refractivity contribution in [2.75, 3.05) is 5.73 Å². The fourth-order valence-electron chi connectivity index (χ4n) is 2.04. The lowest BCUT2D eigenvalue weighted by atomic mass is 10.1. The molecule has 0 amide bonds. The Bertz CT molecular complexity index is 689. The van der Waals surface area contributed by atoms with E-state index in [1.807, 2.05) is 42.5 Å². The number of fused-ring (bicyclic) bond motifs is 1. The molecule has 0 aliphatic carbocycles. The molecule has 0 spiro atoms. The molecule has 0 aliphatic heterocycles. The number of rotatable bonds is 3. The first-order valence-electron chi connectivity index (χ1n) is 6.27. The van der Waals surface area contributed by atoms with Crippen molar-refractivity contribution in [1.29, 1.82) is 0 Å². The van der Waals surface area contributed by atoms with Gasteiger partial charge in [-0.25, -0.2) is 0 Å². The van der Waals surface area contributed by atoms with Gasteiger partial charge in [-0.2, -0.15) is 0 Å². The molecule has 3 aromatic carbocycles. The first-order valence-corrected chi connectivity index (χ1v) is 6.27. The summed E-state index contributed by atoms with van der Waals surface area (Å²) in [6.07, 6.45) is 0. The van der Waals surface area contributed by atoms with Crippen molar-refractivity contribution in [1.82, 2.24) is 0 Å². The van der Waals surface area contributed by atoms with Gasteiger partial charge in [-0.15, -0.1) is 0 Å². The molecule has 0 bridgehead atoms. The van der Waals surface area contributed by atoms with Crippen molar-refractivity contribution in [3.8, 4) is 5.75 Å². The fraction of sp³-hybridized carbons (Fsp3) is 0.0588. The molecule has 0 saturated carbocycles. The van der Waals surface area contributed by atoms with Crippen molar-refractivity contribution in [3.05, 3.63) is 72.3 Å². The van der Waals surface area contributed by atoms with Gasteiger partial charge in [-0.05, 0) is 40.6 Å². The Morgan fingerprint density at radius 2 is 1.53 bits per heavy atom. The maximum Gasteiger partial charge on any atom is 0.120 e. The minimum atomic E-state index is 0.554. The van der Waals surface area contributed by atoms with Gasteiger partial charge in [0.05, 0.1) is 0 Å². The predicted molar refractivity (Wildman–Crippen MR) is 79.1 cm³/mol. The number of hydrogen-bond acceptors (Lipinski definition) is 2. The molecule has 0 heterocycles. The molecular formula is C17H15NO. The van der Waals surface area contributed by atoms with E-state index in [0.717, 1.165) is 17.0 Å². The van der Waals surface area contributed by atoms with Crippen LogP contribution in [0.4, 0.5) is 5.69 Å². The molecule has 3 rings (SSSR count). The number of benzene rings is 3. The lowest BCUT2D eigenvalue weighted by Crippen LogP contribution is -1.95. The molecule has 0 radical (unpaired) electrons. The standard InChI is InChI=1S/C17H15NO/c18-16-8-5-13(6-9-16)12-19-17-10-7-14-3-1-2-4-15(14)11-17/h1-11H,12,18H2. The summed E-state index contributed by atoms with van der Waals surface area (Å²) < 4.78 is 5.80. The quantitative estimate of drug-likeness (QED) is 0.712. The minimum absolute atomic E-state index is 0.554. The number of nitrogen functional groups attached to an aromatic ring is 1. The zero-order valence-electron chi connectivity index (χ0n) is 10.5. The molecule has 19 heavy (non-hydrogen) atoms. The molecule has 0 atom stereocenters. The minimum Gasteiger partial charge on any atom is -0.489 e. The third kappa shape index (κ3) is 2.68. The highest BCUT2D eigenvalue weighted by Gasteiger charge is 1.98. The van der Waals surface area contributed by atoms with E-state index in [2.05, 4.69) is 24.3 Å². The summed E-state index contributed by atoms with van der Waals surface area (Å²) in [4.78, 5) is 0. The first kappa shape index (κ1) is 11.6. The summed E-state index contributed by atoms with van der Waals surface area (Å²) in [5.74, 6) is 0.885. The van der Waals surface area contributed by atoms with Crippen LogP contribution in [0.3, 0.4) is 0 Å². The van der Waals surface area contributed by atoms with Gasteiger partial charge in [0.25, 0.3) is 0 Å². The highest BCUT2D eigenvalue weighted by molar-refractivity contribution is 5.83. The van der Waals surface area contributed by atoms with Gasteiger partial charge in [-0.1, -0.05) is 42.5 Å². The Morgan fingerprint density at radius 1 is 0.789 bits per heavy atom. The summed E-state index contributed by atoms with van der Waals surface area (Å²) in [5.41, 5.74) is 7.54. The van der Waals surface area contributed by atoms with E-state index >= 15 is 0 Å². The van der Waals surface area contributed by atoms with E-state index in [1.165, 1.54) is 10.8 Å². The Morgan fingerprint density at radius 3 is 2.32 bits per heavy atom. The number of anilines is 1. The second-order valence-electron chi connectivity index (χ2n) is 4.54. The lowest BCUT2D eigenvalue weighted by Gasteiger charge is -2.07. The largest absolute Gasteiger partial charge is 0.489 e. The summed E-state index contributed by atoms with van der Waals surface area (Å²) in [6, 6.07) is 22.1. The van der Waals surface area contributed by atoms with Crippen LogP contribution in [0.1, 0.15) is 5.56 Å². The highest BCUT2D eigenvalue weighted by atomic mass is 16.5. The van der Waals surface area contributed by atoms with Crippen LogP contribution in [0.15, 0.2) is 66.7 Å². The molecular weight excluding hydrogens is 234 g/mol. The van der Waals surface area contributed by atoms with Crippen LogP contribution in [-0.4, -0.2) is 0 Å². The van der Waals surface area contributed by atoms with Crippen LogP contribution >= 0.6 is 0 Å². The monoisotopic (exact) mass is 249 g/mol. The van der Waals surface area contributed by atoms with Gasteiger partial charge in [-0.3, -0.25) is 0 Å². The zero-order chi connectivity index (χ0) is 13.1. The zero-order valence-corrected chi connectivity index (χ0v) is 10.5. The van der Waals surface area contributed by atoms with Crippen molar-refractivity contribution in [2.24, 2.45) is 0 Å². The summed E-state index contributed by atoms with van der Waals surface area (Å²) in [5, 5.41) is 2.42. The van der Waals surface area contributed by atoms with Crippen molar-refractivity contribution in [3.63, 3.8) is 0 Å². The smallest absolute Gasteiger partial charge is 0.120 e. The topological polar surface area (TPSA) is 35.2 Å². The van der Waals surface area contributed by atoms with Crippen LogP contribution in [0.5, 0.6) is 5.75 Å². The van der Waals surface area contributed by atoms with E-state index in [9.17, 15) is 0 Å². The molecule has 2 nitrogen and oxygen atoms in total. The average molecular weight is 249 g/mol. The van der Waals surface area contributed by atoms with E-state index < -0.39 is 0 Å². The summed E-state index contributed by atoms with van der Waals surface area (Å²) in [7, 11) is 0. The summed E-state index contributed by atoms with van der Waals surface area (Å²) >= 11 is 0. The van der Waals surface area contributed by atoms with Crippen molar-refractivity contribution < 1.29 is 4.74 Å². The van der Waals surface area contributed by atoms with Crippen molar-refractivity contribution in [2.45, 2.75) is 6.61 Å². The van der Waals surface area contributed by atoms with Crippen LogP contribution in [0.25, 0.3) is 10.8 Å². The fourth-order valence-corrected chi connectivity index (χ4v) is 2.04. The van der Waals surface area contributed by atoms with Gasteiger partial charge in [0.2, 0.25) is 0 Å². The molecule has 2 heteroatoms. The second-order valence-corrected chi connectivity index (χ2v) is 4.54. The van der Waals surface area contributed by atoms with Gasteiger partial charge < -0.3 is 10.5 Å². The van der Waals surface area contributed by atoms with E-state index in [4.69, 9.17) is 10.5 Å². The number of nitrogens with two attached hydrogens (primary N) is 1. The molecule has 0 aromatic heterocycles. The predicted octanol–water partition coefficient (Wildman–Crippen LogP) is 4.00. The van der Waals surface area contributed by atoms with E-state index in [-0.39, 0.29) is 0 Å². The third-order valence-electron chi connectivity index (χ3n) is 3.11. The van der Waals surface area contributed by atoms with Gasteiger partial charge in [0, 0.05) is 5.69 Å². The van der Waals surface area contributed by atoms with E-state index in [1.54, 1.807) is 0 Å². The molecule has 3 aromatic rings. The lowest BCUT2D eigenvalue weighted by molar-refractivity contribution is 0.306. The number of hydrogen-bond donors (Lipinski definition) is 1. The molecule has 0 saturated heterocycles. The van der Waals surface area contributed by atoms with Gasteiger partial charge in [0.1, 0.15) is 12.4 Å². The van der Waals surface area contributed by atoms with Crippen LogP contribution in [-0.2, 0) is 6.61 Å². The van der Waals surface area contributed by atoms with Crippen LogP contribution in [0, 0.1) is 0 Å². The van der Waals surface area contributed by atoms with E-state index in [0.29, 0.717) is 6.61 Å². The summed E-state index contributed by atoms with van der Waals surface area (Å²) in [6.45, 7) is 0.554. The maximum absolute atomic E-state index is 5.80. The van der Waals surface area contributed by atoms with Crippen LogP contribution in [0.2, 0.25) is 0 Å². The Kier molecular flexibility index (Phi) is 3.07. The van der Waals surface area contributed by atoms with Gasteiger partial charge >= 0.3 is 0 Å². The second kappa shape index (κ2) is 5.02. The normalized spacial score (nSPS) is 10.5. The first-order chi connectivity index (χ1) is 9.31. The third-order valence-corrected chi connectivity index (χ3v) is 3.11. The average Bonchev–Trinajstić information content (AvgIpc) is 2.46. The SMILES string of the molecule is Nc1ccc(COc2ccc3ccccc3c2)cc1. The highest BCUT2D eigenvalue weighted by Crippen LogP contribution is 2.21.